The molecule has 0 fully saturated rings. The van der Waals surface area contributed by atoms with E-state index in [0.717, 1.165) is 0 Å². The Morgan fingerprint density at radius 1 is 1.72 bits per heavy atom. The molecule has 0 spiro atoms. The summed E-state index contributed by atoms with van der Waals surface area (Å²) in [6.45, 7) is 1.77. The fourth-order valence-electron chi connectivity index (χ4n) is 1.67. The van der Waals surface area contributed by atoms with E-state index in [-0.39, 0.29) is 18.0 Å². The number of hydrogen-bond acceptors (Lipinski definition) is 7. The maximum absolute atomic E-state index is 11.4. The van der Waals surface area contributed by atoms with Gasteiger partial charge in [-0.3, -0.25) is 0 Å². The van der Waals surface area contributed by atoms with Crippen LogP contribution in [0.4, 0.5) is 5.95 Å². The standard InChI is InChI=1S/C10H14N4O3S/c1-5-7(8(15)16-2)3-6(17-5)4-18-10-12-9(11)13-14-10/h6H,3-4H2,1-2H3,(H3,11,12,13,14)/t6-/m1/s1. The molecule has 7 nitrogen and oxygen atoms in total. The summed E-state index contributed by atoms with van der Waals surface area (Å²) < 4.78 is 10.3. The predicted molar refractivity (Wildman–Crippen MR) is 65.7 cm³/mol. The summed E-state index contributed by atoms with van der Waals surface area (Å²) in [5.41, 5.74) is 6.02. The van der Waals surface area contributed by atoms with Gasteiger partial charge in [0.2, 0.25) is 11.1 Å². The van der Waals surface area contributed by atoms with E-state index in [0.29, 0.717) is 28.7 Å². The van der Waals surface area contributed by atoms with Crippen LogP contribution in [0.1, 0.15) is 13.3 Å². The van der Waals surface area contributed by atoms with Crippen LogP contribution in [0.3, 0.4) is 0 Å². The lowest BCUT2D eigenvalue weighted by atomic mass is 10.1. The Bertz CT molecular complexity index is 485. The molecular weight excluding hydrogens is 256 g/mol. The van der Waals surface area contributed by atoms with Crippen LogP contribution in [0.25, 0.3) is 0 Å². The molecule has 3 N–H and O–H groups in total. The zero-order chi connectivity index (χ0) is 13.1. The molecule has 8 heteroatoms. The number of nitrogens with two attached hydrogens (primary N) is 1. The Morgan fingerprint density at radius 3 is 3.11 bits per heavy atom. The second kappa shape index (κ2) is 5.30. The van der Waals surface area contributed by atoms with E-state index in [1.807, 2.05) is 0 Å². The molecule has 1 aromatic heterocycles. The normalized spacial score (nSPS) is 18.9. The summed E-state index contributed by atoms with van der Waals surface area (Å²) in [5, 5.41) is 7.04. The SMILES string of the molecule is COC(=O)C1=C(C)O[C@@H](CSc2n[nH]c(N)n2)C1. The zero-order valence-corrected chi connectivity index (χ0v) is 10.9. The first-order chi connectivity index (χ1) is 8.60. The minimum atomic E-state index is -0.331. The van der Waals surface area contributed by atoms with Crippen LogP contribution in [0.2, 0.25) is 0 Å². The van der Waals surface area contributed by atoms with E-state index in [1.54, 1.807) is 6.92 Å². The first kappa shape index (κ1) is 12.7. The summed E-state index contributed by atoms with van der Waals surface area (Å²) in [7, 11) is 1.36. The fourth-order valence-corrected chi connectivity index (χ4v) is 2.46. The smallest absolute Gasteiger partial charge is 0.337 e. The Labute approximate surface area is 108 Å². The van der Waals surface area contributed by atoms with Gasteiger partial charge in [-0.15, -0.1) is 5.10 Å². The van der Waals surface area contributed by atoms with Gasteiger partial charge in [0.05, 0.1) is 12.7 Å². The molecule has 1 aromatic rings. The maximum atomic E-state index is 11.4. The van der Waals surface area contributed by atoms with Gasteiger partial charge in [0.25, 0.3) is 0 Å². The number of allylic oxidation sites excluding steroid dienone is 1. The number of rotatable bonds is 4. The van der Waals surface area contributed by atoms with Crippen molar-refractivity contribution >= 4 is 23.7 Å². The fraction of sp³-hybridized carbons (Fsp3) is 0.500. The van der Waals surface area contributed by atoms with Crippen LogP contribution in [0.15, 0.2) is 16.5 Å². The lowest BCUT2D eigenvalue weighted by Crippen LogP contribution is -2.11. The molecule has 18 heavy (non-hydrogen) atoms. The number of aromatic amines is 1. The highest BCUT2D eigenvalue weighted by Crippen LogP contribution is 2.29. The number of nitrogens with zero attached hydrogens (tertiary/aromatic N) is 2. The largest absolute Gasteiger partial charge is 0.493 e. The molecule has 0 saturated heterocycles. The number of H-pyrrole nitrogens is 1. The Hall–Kier alpha value is -1.70. The van der Waals surface area contributed by atoms with Gasteiger partial charge in [-0.25, -0.2) is 9.89 Å². The number of thioether (sulfide) groups is 1. The summed E-state index contributed by atoms with van der Waals surface area (Å²) in [4.78, 5) is 15.4. The van der Waals surface area contributed by atoms with Crippen molar-refractivity contribution in [2.24, 2.45) is 0 Å². The highest BCUT2D eigenvalue weighted by Gasteiger charge is 2.28. The molecule has 2 heterocycles. The van der Waals surface area contributed by atoms with E-state index in [4.69, 9.17) is 10.5 Å². The quantitative estimate of drug-likeness (QED) is 0.613. The van der Waals surface area contributed by atoms with Gasteiger partial charge in [-0.2, -0.15) is 4.98 Å². The monoisotopic (exact) mass is 270 g/mol. The molecule has 0 saturated carbocycles. The number of carbonyl (C=O) groups is 1. The highest BCUT2D eigenvalue weighted by molar-refractivity contribution is 7.99. The number of hydrogen-bond donors (Lipinski definition) is 2. The Morgan fingerprint density at radius 2 is 2.50 bits per heavy atom. The number of methoxy groups -OCH3 is 1. The molecule has 0 unspecified atom stereocenters. The van der Waals surface area contributed by atoms with E-state index in [2.05, 4.69) is 19.9 Å². The van der Waals surface area contributed by atoms with E-state index < -0.39 is 0 Å². The summed E-state index contributed by atoms with van der Waals surface area (Å²) in [6, 6.07) is 0. The lowest BCUT2D eigenvalue weighted by Gasteiger charge is -2.09. The van der Waals surface area contributed by atoms with Gasteiger partial charge in [0, 0.05) is 12.2 Å². The second-order valence-electron chi connectivity index (χ2n) is 3.78. The van der Waals surface area contributed by atoms with Crippen LogP contribution in [0, 0.1) is 0 Å². The van der Waals surface area contributed by atoms with Gasteiger partial charge in [0.15, 0.2) is 0 Å². The highest BCUT2D eigenvalue weighted by atomic mass is 32.2. The van der Waals surface area contributed by atoms with Crippen LogP contribution in [-0.2, 0) is 14.3 Å². The van der Waals surface area contributed by atoms with Crippen molar-refractivity contribution in [3.05, 3.63) is 11.3 Å². The number of esters is 1. The molecule has 98 valence electrons. The number of nitrogen functional groups attached to an aromatic ring is 1. The molecule has 0 amide bonds. The lowest BCUT2D eigenvalue weighted by molar-refractivity contribution is -0.136. The van der Waals surface area contributed by atoms with Crippen molar-refractivity contribution in [1.29, 1.82) is 0 Å². The zero-order valence-electron chi connectivity index (χ0n) is 10.1. The van der Waals surface area contributed by atoms with Crippen molar-refractivity contribution in [1.82, 2.24) is 15.2 Å². The van der Waals surface area contributed by atoms with E-state index in [1.165, 1.54) is 18.9 Å². The Balaban J connectivity index is 1.86. The molecule has 0 aromatic carbocycles. The molecular formula is C10H14N4O3S. The van der Waals surface area contributed by atoms with Gasteiger partial charge in [-0.05, 0) is 6.92 Å². The summed E-state index contributed by atoms with van der Waals surface area (Å²) in [6.07, 6.45) is 0.481. The number of nitrogens with one attached hydrogen (secondary N) is 1. The topological polar surface area (TPSA) is 103 Å². The predicted octanol–water partition coefficient (Wildman–Crippen LogP) is 0.715. The van der Waals surface area contributed by atoms with Crippen molar-refractivity contribution in [3.8, 4) is 0 Å². The third-order valence-electron chi connectivity index (χ3n) is 2.51. The maximum Gasteiger partial charge on any atom is 0.337 e. The average Bonchev–Trinajstić information content (AvgIpc) is 2.92. The number of anilines is 1. The second-order valence-corrected chi connectivity index (χ2v) is 4.77. The van der Waals surface area contributed by atoms with Gasteiger partial charge in [-0.1, -0.05) is 11.8 Å². The molecule has 0 aliphatic carbocycles. The van der Waals surface area contributed by atoms with E-state index >= 15 is 0 Å². The van der Waals surface area contributed by atoms with Crippen molar-refractivity contribution in [2.75, 3.05) is 18.6 Å². The summed E-state index contributed by atoms with van der Waals surface area (Å²) >= 11 is 1.42. The minimum absolute atomic E-state index is 0.0659. The first-order valence-electron chi connectivity index (χ1n) is 5.35. The molecule has 1 aliphatic heterocycles. The third kappa shape index (κ3) is 2.76. The summed E-state index contributed by atoms with van der Waals surface area (Å²) in [5.74, 6) is 1.23. The van der Waals surface area contributed by atoms with Crippen LogP contribution >= 0.6 is 11.8 Å². The van der Waals surface area contributed by atoms with Crippen LogP contribution in [0.5, 0.6) is 0 Å². The molecule has 1 atom stereocenters. The van der Waals surface area contributed by atoms with E-state index in [9.17, 15) is 4.79 Å². The molecule has 2 rings (SSSR count). The van der Waals surface area contributed by atoms with Crippen molar-refractivity contribution < 1.29 is 14.3 Å². The van der Waals surface area contributed by atoms with Crippen LogP contribution < -0.4 is 5.73 Å². The van der Waals surface area contributed by atoms with Gasteiger partial charge in [0.1, 0.15) is 11.9 Å². The van der Waals surface area contributed by atoms with Crippen LogP contribution in [-0.4, -0.2) is 40.1 Å². The van der Waals surface area contributed by atoms with Gasteiger partial charge >= 0.3 is 5.97 Å². The van der Waals surface area contributed by atoms with Gasteiger partial charge < -0.3 is 15.2 Å². The van der Waals surface area contributed by atoms with Crippen molar-refractivity contribution in [3.63, 3.8) is 0 Å². The van der Waals surface area contributed by atoms with Crippen molar-refractivity contribution in [2.45, 2.75) is 24.6 Å². The minimum Gasteiger partial charge on any atom is -0.493 e. The molecule has 0 bridgehead atoms. The molecule has 1 aliphatic rings. The third-order valence-corrected chi connectivity index (χ3v) is 3.49. The number of aromatic nitrogens is 3. The Kier molecular flexibility index (Phi) is 3.75. The average molecular weight is 270 g/mol. The molecule has 0 radical (unpaired) electrons. The number of carbonyl (C=O) groups excluding carboxylic acids is 1. The first-order valence-corrected chi connectivity index (χ1v) is 6.34. The number of ether oxygens (including phenoxy) is 2.